The Morgan fingerprint density at radius 1 is 1.10 bits per heavy atom. The summed E-state index contributed by atoms with van der Waals surface area (Å²) in [5.74, 6) is 0.568. The largest absolute Gasteiger partial charge is 0.497 e. The average Bonchev–Trinajstić information content (AvgIpc) is 2.77. The van der Waals surface area contributed by atoms with E-state index in [1.165, 1.54) is 4.90 Å². The van der Waals surface area contributed by atoms with Gasteiger partial charge < -0.3 is 19.7 Å². The van der Waals surface area contributed by atoms with Crippen molar-refractivity contribution in [3.8, 4) is 11.5 Å². The van der Waals surface area contributed by atoms with Crippen LogP contribution in [0.3, 0.4) is 0 Å². The van der Waals surface area contributed by atoms with Crippen LogP contribution in [0.15, 0.2) is 42.5 Å². The molecule has 1 atom stereocenters. The molecule has 31 heavy (non-hydrogen) atoms. The van der Waals surface area contributed by atoms with Crippen molar-refractivity contribution in [2.75, 3.05) is 20.3 Å². The number of hydrogen-bond acceptors (Lipinski definition) is 4. The Morgan fingerprint density at radius 3 is 2.39 bits per heavy atom. The van der Waals surface area contributed by atoms with Crippen LogP contribution in [0, 0.1) is 0 Å². The molecule has 0 aromatic heterocycles. The molecule has 0 heterocycles. The van der Waals surface area contributed by atoms with Gasteiger partial charge in [-0.05, 0) is 48.7 Å². The summed E-state index contributed by atoms with van der Waals surface area (Å²) in [6, 6.07) is 11.5. The van der Waals surface area contributed by atoms with Gasteiger partial charge in [0.1, 0.15) is 17.5 Å². The van der Waals surface area contributed by atoms with Crippen LogP contribution >= 0.6 is 23.2 Å². The lowest BCUT2D eigenvalue weighted by atomic mass is 10.1. The molecule has 0 spiro atoms. The minimum absolute atomic E-state index is 0.185. The highest BCUT2D eigenvalue weighted by molar-refractivity contribution is 6.35. The maximum absolute atomic E-state index is 13.1. The van der Waals surface area contributed by atoms with E-state index in [0.29, 0.717) is 28.8 Å². The quantitative estimate of drug-likeness (QED) is 0.520. The van der Waals surface area contributed by atoms with Gasteiger partial charge in [0.15, 0.2) is 6.61 Å². The number of rotatable bonds is 11. The first-order valence-electron chi connectivity index (χ1n) is 10.2. The van der Waals surface area contributed by atoms with E-state index in [4.69, 9.17) is 32.7 Å². The average molecular weight is 467 g/mol. The summed E-state index contributed by atoms with van der Waals surface area (Å²) in [5.41, 5.74) is 0.875. The number of hydrogen-bond donors (Lipinski definition) is 1. The number of nitrogens with zero attached hydrogens (tertiary/aromatic N) is 1. The van der Waals surface area contributed by atoms with Gasteiger partial charge in [-0.3, -0.25) is 9.59 Å². The smallest absolute Gasteiger partial charge is 0.261 e. The lowest BCUT2D eigenvalue weighted by molar-refractivity contribution is -0.143. The first kappa shape index (κ1) is 24.8. The fraction of sp³-hybridized carbons (Fsp3) is 0.391. The van der Waals surface area contributed by atoms with Gasteiger partial charge in [-0.2, -0.15) is 0 Å². The number of methoxy groups -OCH3 is 1. The molecule has 0 saturated carbocycles. The molecule has 0 aliphatic heterocycles. The third-order valence-electron chi connectivity index (χ3n) is 4.69. The number of halogens is 2. The van der Waals surface area contributed by atoms with Crippen molar-refractivity contribution in [2.45, 2.75) is 39.3 Å². The van der Waals surface area contributed by atoms with Crippen LogP contribution in [0.4, 0.5) is 0 Å². The second-order valence-corrected chi connectivity index (χ2v) is 7.79. The Kier molecular flexibility index (Phi) is 9.95. The van der Waals surface area contributed by atoms with Crippen LogP contribution < -0.4 is 14.8 Å². The van der Waals surface area contributed by atoms with Crippen molar-refractivity contribution in [1.29, 1.82) is 0 Å². The van der Waals surface area contributed by atoms with E-state index in [1.54, 1.807) is 25.3 Å². The van der Waals surface area contributed by atoms with Crippen molar-refractivity contribution in [1.82, 2.24) is 10.2 Å². The maximum atomic E-state index is 13.1. The fourth-order valence-electron chi connectivity index (χ4n) is 3.03. The number of carbonyl (C=O) groups is 2. The molecule has 2 aromatic carbocycles. The molecule has 168 valence electrons. The summed E-state index contributed by atoms with van der Waals surface area (Å²) < 4.78 is 10.8. The molecule has 0 aliphatic rings. The molecule has 0 radical (unpaired) electrons. The molecule has 0 bridgehead atoms. The number of ether oxygens (including phenoxy) is 2. The van der Waals surface area contributed by atoms with Gasteiger partial charge in [0, 0.05) is 18.1 Å². The summed E-state index contributed by atoms with van der Waals surface area (Å²) >= 11 is 12.0. The van der Waals surface area contributed by atoms with E-state index in [-0.39, 0.29) is 25.0 Å². The zero-order valence-corrected chi connectivity index (χ0v) is 19.5. The van der Waals surface area contributed by atoms with Crippen LogP contribution in [-0.2, 0) is 16.1 Å². The van der Waals surface area contributed by atoms with Gasteiger partial charge in [-0.1, -0.05) is 49.2 Å². The molecular weight excluding hydrogens is 439 g/mol. The first-order valence-corrected chi connectivity index (χ1v) is 10.9. The zero-order chi connectivity index (χ0) is 22.8. The number of benzene rings is 2. The van der Waals surface area contributed by atoms with Gasteiger partial charge in [0.05, 0.1) is 12.1 Å². The third-order valence-corrected chi connectivity index (χ3v) is 5.22. The van der Waals surface area contributed by atoms with Gasteiger partial charge >= 0.3 is 0 Å². The van der Waals surface area contributed by atoms with Crippen molar-refractivity contribution in [3.63, 3.8) is 0 Å². The highest BCUT2D eigenvalue weighted by Gasteiger charge is 2.29. The van der Waals surface area contributed by atoms with Crippen LogP contribution in [0.1, 0.15) is 32.3 Å². The lowest BCUT2D eigenvalue weighted by Gasteiger charge is -2.30. The van der Waals surface area contributed by atoms with Crippen molar-refractivity contribution >= 4 is 35.0 Å². The molecule has 6 nitrogen and oxygen atoms in total. The summed E-state index contributed by atoms with van der Waals surface area (Å²) in [4.78, 5) is 27.4. The van der Waals surface area contributed by atoms with E-state index in [1.807, 2.05) is 38.1 Å². The number of amides is 2. The summed E-state index contributed by atoms with van der Waals surface area (Å²) in [5, 5.41) is 3.67. The molecule has 2 amide bonds. The molecule has 0 aliphatic carbocycles. The van der Waals surface area contributed by atoms with Gasteiger partial charge in [0.25, 0.3) is 5.91 Å². The van der Waals surface area contributed by atoms with Gasteiger partial charge in [-0.25, -0.2) is 0 Å². The second-order valence-electron chi connectivity index (χ2n) is 6.95. The first-order chi connectivity index (χ1) is 14.9. The predicted molar refractivity (Wildman–Crippen MR) is 123 cm³/mol. The van der Waals surface area contributed by atoms with E-state index >= 15 is 0 Å². The molecular formula is C23H28Cl2N2O4. The van der Waals surface area contributed by atoms with E-state index in [2.05, 4.69) is 5.32 Å². The van der Waals surface area contributed by atoms with Crippen LogP contribution in [-0.4, -0.2) is 43.0 Å². The minimum Gasteiger partial charge on any atom is -0.497 e. The fourth-order valence-corrected chi connectivity index (χ4v) is 3.49. The van der Waals surface area contributed by atoms with Crippen molar-refractivity contribution in [3.05, 3.63) is 58.1 Å². The van der Waals surface area contributed by atoms with Crippen LogP contribution in [0.25, 0.3) is 0 Å². The van der Waals surface area contributed by atoms with Crippen molar-refractivity contribution < 1.29 is 19.1 Å². The molecule has 1 N–H and O–H groups in total. The number of nitrogens with one attached hydrogen (secondary N) is 1. The maximum Gasteiger partial charge on any atom is 0.261 e. The monoisotopic (exact) mass is 466 g/mol. The van der Waals surface area contributed by atoms with E-state index in [9.17, 15) is 9.59 Å². The number of carbonyl (C=O) groups excluding carboxylic acids is 2. The topological polar surface area (TPSA) is 67.9 Å². The lowest BCUT2D eigenvalue weighted by Crippen LogP contribution is -2.50. The highest BCUT2D eigenvalue weighted by atomic mass is 35.5. The SMILES string of the molecule is CCCNC(=O)[C@@H](CC)N(Cc1ccc(OC)cc1)C(=O)COc1ccc(Cl)cc1Cl. The Morgan fingerprint density at radius 2 is 1.81 bits per heavy atom. The summed E-state index contributed by atoms with van der Waals surface area (Å²) in [6.07, 6.45) is 1.28. The molecule has 2 aromatic rings. The predicted octanol–water partition coefficient (Wildman–Crippen LogP) is 4.71. The van der Waals surface area contributed by atoms with Crippen LogP contribution in [0.5, 0.6) is 11.5 Å². The second kappa shape index (κ2) is 12.4. The Bertz CT molecular complexity index is 874. The zero-order valence-electron chi connectivity index (χ0n) is 18.0. The Labute approximate surface area is 193 Å². The van der Waals surface area contributed by atoms with E-state index in [0.717, 1.165) is 17.7 Å². The standard InChI is InChI=1S/C23H28Cl2N2O4/c1-4-12-26-23(29)20(5-2)27(14-16-6-9-18(30-3)10-7-16)22(28)15-31-21-11-8-17(24)13-19(21)25/h6-11,13,20H,4-5,12,14-15H2,1-3H3,(H,26,29)/t20-/m1/s1. The highest BCUT2D eigenvalue weighted by Crippen LogP contribution is 2.27. The van der Waals surface area contributed by atoms with Crippen molar-refractivity contribution in [2.24, 2.45) is 0 Å². The molecule has 0 unspecified atom stereocenters. The third kappa shape index (κ3) is 7.33. The van der Waals surface area contributed by atoms with E-state index < -0.39 is 6.04 Å². The summed E-state index contributed by atoms with van der Waals surface area (Å²) in [7, 11) is 1.59. The Balaban J connectivity index is 2.20. The molecule has 2 rings (SSSR count). The van der Waals surface area contributed by atoms with Crippen LogP contribution in [0.2, 0.25) is 10.0 Å². The Hall–Kier alpha value is -2.44. The molecule has 8 heteroatoms. The minimum atomic E-state index is -0.620. The van der Waals surface area contributed by atoms with Gasteiger partial charge in [0.2, 0.25) is 5.91 Å². The normalized spacial score (nSPS) is 11.5. The molecule has 0 fully saturated rings. The molecule has 0 saturated heterocycles. The van der Waals surface area contributed by atoms with Gasteiger partial charge in [-0.15, -0.1) is 0 Å². The summed E-state index contributed by atoms with van der Waals surface area (Å²) in [6.45, 7) is 4.41.